The second kappa shape index (κ2) is 10.4. The van der Waals surface area contributed by atoms with Crippen LogP contribution in [0.4, 0.5) is 9.18 Å². The maximum atomic E-state index is 13.6. The molecule has 1 aromatic heterocycles. The second-order valence-electron chi connectivity index (χ2n) is 10.3. The van der Waals surface area contributed by atoms with Crippen LogP contribution >= 0.6 is 0 Å². The molecule has 3 aliphatic rings. The molecule has 5 rings (SSSR count). The zero-order valence-electron chi connectivity index (χ0n) is 20.7. The van der Waals surface area contributed by atoms with Gasteiger partial charge in [-0.05, 0) is 87.1 Å². The van der Waals surface area contributed by atoms with Crippen molar-refractivity contribution in [2.75, 3.05) is 6.61 Å². The molecule has 3 fully saturated rings. The van der Waals surface area contributed by atoms with Gasteiger partial charge in [-0.3, -0.25) is 9.78 Å². The van der Waals surface area contributed by atoms with Crippen molar-refractivity contribution in [3.63, 3.8) is 0 Å². The van der Waals surface area contributed by atoms with Gasteiger partial charge in [0.1, 0.15) is 11.9 Å². The Balaban J connectivity index is 1.34. The van der Waals surface area contributed by atoms with E-state index in [1.165, 1.54) is 12.1 Å². The van der Waals surface area contributed by atoms with Crippen molar-refractivity contribution in [1.29, 1.82) is 0 Å². The van der Waals surface area contributed by atoms with Crippen LogP contribution in [0.15, 0.2) is 48.7 Å². The van der Waals surface area contributed by atoms with Crippen LogP contribution in [0.2, 0.25) is 0 Å². The van der Waals surface area contributed by atoms with Crippen molar-refractivity contribution >= 4 is 18.1 Å². The summed E-state index contributed by atoms with van der Waals surface area (Å²) in [6.07, 6.45) is 9.07. The molecule has 1 saturated heterocycles. The van der Waals surface area contributed by atoms with Gasteiger partial charge in [0.05, 0.1) is 18.2 Å². The number of carbonyl (C=O) groups excluding carboxylic acids is 2. The third-order valence-corrected chi connectivity index (χ3v) is 8.18. The summed E-state index contributed by atoms with van der Waals surface area (Å²) in [5.74, 6) is 0.629. The minimum absolute atomic E-state index is 0.0679. The number of benzene rings is 1. The predicted molar refractivity (Wildman–Crippen MR) is 134 cm³/mol. The Kier molecular flexibility index (Phi) is 7.08. The largest absolute Gasteiger partial charge is 0.462 e. The third kappa shape index (κ3) is 5.01. The molecule has 1 aliphatic heterocycles. The van der Waals surface area contributed by atoms with E-state index in [1.54, 1.807) is 19.2 Å². The lowest BCUT2D eigenvalue weighted by molar-refractivity contribution is -0.144. The summed E-state index contributed by atoms with van der Waals surface area (Å²) < 4.78 is 24.3. The predicted octanol–water partition coefficient (Wildman–Crippen LogP) is 5.63. The molecule has 0 spiro atoms. The van der Waals surface area contributed by atoms with E-state index < -0.39 is 0 Å². The van der Waals surface area contributed by atoms with Gasteiger partial charge in [0.25, 0.3) is 0 Å². The van der Waals surface area contributed by atoms with Crippen LogP contribution in [-0.4, -0.2) is 35.8 Å². The zero-order chi connectivity index (χ0) is 25.2. The van der Waals surface area contributed by atoms with Crippen LogP contribution in [0.5, 0.6) is 0 Å². The lowest BCUT2D eigenvalue weighted by Gasteiger charge is -2.47. The number of ether oxygens (including phenoxy) is 2. The average molecular weight is 493 g/mol. The van der Waals surface area contributed by atoms with E-state index in [1.807, 2.05) is 31.2 Å². The van der Waals surface area contributed by atoms with Gasteiger partial charge in [-0.25, -0.2) is 9.18 Å². The highest BCUT2D eigenvalue weighted by Crippen LogP contribution is 2.53. The molecule has 0 bridgehead atoms. The maximum absolute atomic E-state index is 13.6. The molecule has 1 N–H and O–H groups in total. The van der Waals surface area contributed by atoms with E-state index in [-0.39, 0.29) is 47.8 Å². The molecule has 36 heavy (non-hydrogen) atoms. The fraction of sp³-hybridized carbons (Fsp3) is 0.483. The van der Waals surface area contributed by atoms with Gasteiger partial charge < -0.3 is 14.8 Å². The van der Waals surface area contributed by atoms with Crippen molar-refractivity contribution in [2.24, 2.45) is 29.6 Å². The SMILES string of the molecule is CCOC(=O)N[C@@H]1CC[C@H]2[C@H](C1)C[C@H]1C(=O)O[C@@H](C)[C@@H]1[C@H]2/C=C/c1ccc(-c2cccc(F)c2)cn1. The summed E-state index contributed by atoms with van der Waals surface area (Å²) in [5.41, 5.74) is 2.48. The number of allylic oxidation sites excluding steroid dienone is 1. The van der Waals surface area contributed by atoms with Crippen LogP contribution in [0, 0.1) is 35.4 Å². The van der Waals surface area contributed by atoms with Gasteiger partial charge in [-0.15, -0.1) is 0 Å². The van der Waals surface area contributed by atoms with E-state index in [2.05, 4.69) is 16.4 Å². The Morgan fingerprint density at radius 2 is 2.08 bits per heavy atom. The Labute approximate surface area is 211 Å². The molecule has 7 atom stereocenters. The van der Waals surface area contributed by atoms with E-state index in [9.17, 15) is 14.0 Å². The monoisotopic (exact) mass is 492 g/mol. The number of nitrogens with one attached hydrogen (secondary N) is 1. The number of cyclic esters (lactones) is 1. The van der Waals surface area contributed by atoms with Crippen molar-refractivity contribution in [2.45, 2.75) is 51.7 Å². The van der Waals surface area contributed by atoms with Gasteiger partial charge in [-0.1, -0.05) is 24.3 Å². The first-order valence-corrected chi connectivity index (χ1v) is 13.0. The molecule has 7 heteroatoms. The van der Waals surface area contributed by atoms with Gasteiger partial charge in [0.15, 0.2) is 0 Å². The molecular formula is C29H33FN2O4. The van der Waals surface area contributed by atoms with Crippen LogP contribution < -0.4 is 5.32 Å². The van der Waals surface area contributed by atoms with E-state index >= 15 is 0 Å². The minimum atomic E-state index is -0.368. The number of pyridine rings is 1. The number of alkyl carbamates (subject to hydrolysis) is 1. The second-order valence-corrected chi connectivity index (χ2v) is 10.3. The number of aromatic nitrogens is 1. The molecule has 2 aromatic rings. The number of fused-ring (bicyclic) bond motifs is 2. The molecule has 2 heterocycles. The highest BCUT2D eigenvalue weighted by molar-refractivity contribution is 5.75. The van der Waals surface area contributed by atoms with Crippen LogP contribution in [0.1, 0.15) is 45.2 Å². The fourth-order valence-corrected chi connectivity index (χ4v) is 6.64. The van der Waals surface area contributed by atoms with E-state index in [4.69, 9.17) is 9.47 Å². The highest BCUT2D eigenvalue weighted by atomic mass is 19.1. The molecule has 2 aliphatic carbocycles. The molecule has 1 amide bonds. The summed E-state index contributed by atoms with van der Waals surface area (Å²) in [6, 6.07) is 10.4. The van der Waals surface area contributed by atoms with E-state index in [0.717, 1.165) is 42.5 Å². The Bertz CT molecular complexity index is 1130. The van der Waals surface area contributed by atoms with Crippen LogP contribution in [0.3, 0.4) is 0 Å². The lowest BCUT2D eigenvalue weighted by Crippen LogP contribution is -2.48. The summed E-state index contributed by atoms with van der Waals surface area (Å²) in [4.78, 5) is 29.2. The summed E-state index contributed by atoms with van der Waals surface area (Å²) in [6.45, 7) is 4.15. The van der Waals surface area contributed by atoms with Gasteiger partial charge >= 0.3 is 12.1 Å². The summed E-state index contributed by atoms with van der Waals surface area (Å²) in [5, 5.41) is 3.00. The maximum Gasteiger partial charge on any atom is 0.407 e. The van der Waals surface area contributed by atoms with Crippen molar-refractivity contribution < 1.29 is 23.5 Å². The Morgan fingerprint density at radius 1 is 1.22 bits per heavy atom. The summed E-state index contributed by atoms with van der Waals surface area (Å²) >= 11 is 0. The highest BCUT2D eigenvalue weighted by Gasteiger charge is 2.54. The van der Waals surface area contributed by atoms with Crippen molar-refractivity contribution in [3.8, 4) is 11.1 Å². The first-order chi connectivity index (χ1) is 17.4. The number of carbonyl (C=O) groups is 2. The standard InChI is InChI=1S/C29H33FN2O4/c1-3-35-29(34)32-23-10-11-24-20(14-23)15-26-27(17(2)36-28(26)33)25(24)12-9-22-8-7-19(16-31-22)18-5-4-6-21(30)13-18/h4-9,12-13,16-17,20,23-27H,3,10-11,14-15H2,1-2H3,(H,32,34)/b12-9+/t17-,20+,23+,24-,25-,26+,27+/m0/s1. The first kappa shape index (κ1) is 24.5. The Hall–Kier alpha value is -3.22. The smallest absolute Gasteiger partial charge is 0.407 e. The number of esters is 1. The van der Waals surface area contributed by atoms with Crippen LogP contribution in [0.25, 0.3) is 17.2 Å². The fourth-order valence-electron chi connectivity index (χ4n) is 6.64. The number of rotatable bonds is 5. The molecule has 2 saturated carbocycles. The average Bonchev–Trinajstić information content (AvgIpc) is 3.15. The lowest BCUT2D eigenvalue weighted by atomic mass is 9.57. The zero-order valence-corrected chi connectivity index (χ0v) is 20.7. The number of halogens is 1. The normalized spacial score (nSPS) is 31.4. The molecule has 6 nitrogen and oxygen atoms in total. The number of hydrogen-bond donors (Lipinski definition) is 1. The minimum Gasteiger partial charge on any atom is -0.462 e. The van der Waals surface area contributed by atoms with Crippen LogP contribution in [-0.2, 0) is 14.3 Å². The summed E-state index contributed by atoms with van der Waals surface area (Å²) in [7, 11) is 0. The molecule has 190 valence electrons. The first-order valence-electron chi connectivity index (χ1n) is 13.0. The molecular weight excluding hydrogens is 459 g/mol. The molecule has 0 radical (unpaired) electrons. The number of nitrogens with zero attached hydrogens (tertiary/aromatic N) is 1. The molecule has 1 aromatic carbocycles. The third-order valence-electron chi connectivity index (χ3n) is 8.18. The topological polar surface area (TPSA) is 77.5 Å². The van der Waals surface area contributed by atoms with E-state index in [0.29, 0.717) is 18.4 Å². The van der Waals surface area contributed by atoms with Crippen molar-refractivity contribution in [3.05, 3.63) is 60.2 Å². The van der Waals surface area contributed by atoms with Gasteiger partial charge in [0.2, 0.25) is 0 Å². The van der Waals surface area contributed by atoms with Gasteiger partial charge in [-0.2, -0.15) is 0 Å². The number of hydrogen-bond acceptors (Lipinski definition) is 5. The Morgan fingerprint density at radius 3 is 2.83 bits per heavy atom. The van der Waals surface area contributed by atoms with Gasteiger partial charge in [0, 0.05) is 23.7 Å². The number of amides is 1. The van der Waals surface area contributed by atoms with Crippen molar-refractivity contribution in [1.82, 2.24) is 10.3 Å². The molecule has 0 unspecified atom stereocenters. The quantitative estimate of drug-likeness (QED) is 0.548.